The number of amides is 2. The molecule has 214 valence electrons. The van der Waals surface area contributed by atoms with Gasteiger partial charge in [0.1, 0.15) is 15.6 Å². The van der Waals surface area contributed by atoms with Gasteiger partial charge in [0.05, 0.1) is 37.7 Å². The van der Waals surface area contributed by atoms with Gasteiger partial charge in [-0.05, 0) is 57.5 Å². The number of aromatic nitrogens is 3. The predicted octanol–water partition coefficient (Wildman–Crippen LogP) is 3.60. The Hall–Kier alpha value is -3.91. The Labute approximate surface area is 239 Å². The molecule has 40 heavy (non-hydrogen) atoms. The molecule has 0 aliphatic carbocycles. The molecular weight excluding hydrogens is 558 g/mol. The quantitative estimate of drug-likeness (QED) is 0.237. The normalized spacial score (nSPS) is 11.4. The Morgan fingerprint density at radius 2 is 1.70 bits per heavy atom. The second kappa shape index (κ2) is 13.9. The van der Waals surface area contributed by atoms with Gasteiger partial charge < -0.3 is 29.4 Å². The van der Waals surface area contributed by atoms with Crippen molar-refractivity contribution in [2.75, 3.05) is 25.6 Å². The zero-order valence-electron chi connectivity index (χ0n) is 23.0. The van der Waals surface area contributed by atoms with Crippen molar-refractivity contribution in [3.63, 3.8) is 0 Å². The van der Waals surface area contributed by atoms with Gasteiger partial charge >= 0.3 is 11.9 Å². The monoisotopic (exact) mass is 589 g/mol. The molecule has 14 heteroatoms. The largest absolute Gasteiger partial charge is 0.497 e. The van der Waals surface area contributed by atoms with Gasteiger partial charge in [-0.1, -0.05) is 11.8 Å². The minimum Gasteiger partial charge on any atom is -0.497 e. The first-order chi connectivity index (χ1) is 19.1. The van der Waals surface area contributed by atoms with E-state index in [2.05, 4.69) is 20.8 Å². The first-order valence-corrected chi connectivity index (χ1v) is 14.1. The lowest BCUT2D eigenvalue weighted by molar-refractivity contribution is -0.115. The summed E-state index contributed by atoms with van der Waals surface area (Å²) in [6.07, 6.45) is 0. The number of benzene rings is 1. The number of esters is 2. The molecule has 12 nitrogen and oxygen atoms in total. The minimum absolute atomic E-state index is 0.119. The van der Waals surface area contributed by atoms with Crippen molar-refractivity contribution >= 4 is 51.9 Å². The maximum atomic E-state index is 13.1. The molecule has 0 aliphatic rings. The molecule has 1 aromatic carbocycles. The summed E-state index contributed by atoms with van der Waals surface area (Å²) in [6, 6.07) is 6.71. The van der Waals surface area contributed by atoms with Crippen molar-refractivity contribution in [2.45, 2.75) is 44.6 Å². The molecule has 3 aromatic rings. The van der Waals surface area contributed by atoms with Gasteiger partial charge in [0.2, 0.25) is 5.91 Å². The molecular formula is C26H31N5O7S2. The van der Waals surface area contributed by atoms with Crippen molar-refractivity contribution in [2.24, 2.45) is 7.05 Å². The number of ether oxygens (including phenoxy) is 3. The van der Waals surface area contributed by atoms with Gasteiger partial charge in [0.15, 0.2) is 11.0 Å². The Morgan fingerprint density at radius 1 is 1.05 bits per heavy atom. The highest BCUT2D eigenvalue weighted by Gasteiger charge is 2.29. The van der Waals surface area contributed by atoms with Crippen LogP contribution in [-0.2, 0) is 27.9 Å². The molecule has 1 atom stereocenters. The van der Waals surface area contributed by atoms with Crippen molar-refractivity contribution < 1.29 is 33.4 Å². The summed E-state index contributed by atoms with van der Waals surface area (Å²) in [7, 11) is 3.28. The summed E-state index contributed by atoms with van der Waals surface area (Å²) in [5, 5.41) is 13.8. The molecule has 2 N–H and O–H groups in total. The van der Waals surface area contributed by atoms with Gasteiger partial charge in [-0.2, -0.15) is 0 Å². The fourth-order valence-electron chi connectivity index (χ4n) is 3.47. The maximum absolute atomic E-state index is 13.1. The summed E-state index contributed by atoms with van der Waals surface area (Å²) < 4.78 is 17.0. The van der Waals surface area contributed by atoms with Crippen LogP contribution in [0.2, 0.25) is 0 Å². The highest BCUT2D eigenvalue weighted by molar-refractivity contribution is 8.00. The van der Waals surface area contributed by atoms with E-state index in [1.54, 1.807) is 70.7 Å². The summed E-state index contributed by atoms with van der Waals surface area (Å²) >= 11 is 2.11. The fourth-order valence-corrected chi connectivity index (χ4v) is 5.40. The SMILES string of the molecule is CCOC(=O)c1sc(NC(=O)[C@@H](C)Sc2nnc(CNC(=O)c3ccc(OC)cc3)n2C)c(C(=O)OCC)c1C. The number of nitrogens with zero attached hydrogens (tertiary/aromatic N) is 3. The molecule has 0 saturated carbocycles. The van der Waals surface area contributed by atoms with Crippen molar-refractivity contribution in [3.8, 4) is 5.75 Å². The second-order valence-electron chi connectivity index (χ2n) is 8.32. The van der Waals surface area contributed by atoms with E-state index < -0.39 is 23.1 Å². The molecule has 0 unspecified atom stereocenters. The van der Waals surface area contributed by atoms with Crippen molar-refractivity contribution in [3.05, 3.63) is 51.7 Å². The minimum atomic E-state index is -0.645. The van der Waals surface area contributed by atoms with E-state index in [1.165, 1.54) is 0 Å². The highest BCUT2D eigenvalue weighted by Crippen LogP contribution is 2.35. The number of nitrogens with one attached hydrogen (secondary N) is 2. The van der Waals surface area contributed by atoms with Gasteiger partial charge in [-0.25, -0.2) is 9.59 Å². The molecule has 0 spiro atoms. The molecule has 0 fully saturated rings. The second-order valence-corrected chi connectivity index (χ2v) is 10.6. The molecule has 0 radical (unpaired) electrons. The van der Waals surface area contributed by atoms with Crippen LogP contribution in [0.4, 0.5) is 5.00 Å². The average Bonchev–Trinajstić information content (AvgIpc) is 3.45. The average molecular weight is 590 g/mol. The smallest absolute Gasteiger partial charge is 0.348 e. The third kappa shape index (κ3) is 7.18. The van der Waals surface area contributed by atoms with E-state index >= 15 is 0 Å². The van der Waals surface area contributed by atoms with E-state index in [-0.39, 0.29) is 41.1 Å². The first kappa shape index (κ1) is 30.6. The molecule has 0 saturated heterocycles. The Kier molecular flexibility index (Phi) is 10.7. The lowest BCUT2D eigenvalue weighted by Crippen LogP contribution is -2.25. The van der Waals surface area contributed by atoms with Crippen molar-refractivity contribution in [1.82, 2.24) is 20.1 Å². The molecule has 0 aliphatic heterocycles. The summed E-state index contributed by atoms with van der Waals surface area (Å²) in [5.41, 5.74) is 0.973. The zero-order valence-corrected chi connectivity index (χ0v) is 24.7. The van der Waals surface area contributed by atoms with Crippen LogP contribution in [0.15, 0.2) is 29.4 Å². The lowest BCUT2D eigenvalue weighted by atomic mass is 10.1. The zero-order chi connectivity index (χ0) is 29.4. The fraction of sp³-hybridized carbons (Fsp3) is 0.385. The van der Waals surface area contributed by atoms with E-state index in [4.69, 9.17) is 14.2 Å². The van der Waals surface area contributed by atoms with E-state index in [9.17, 15) is 19.2 Å². The predicted molar refractivity (Wildman–Crippen MR) is 150 cm³/mol. The van der Waals surface area contributed by atoms with E-state index in [0.29, 0.717) is 27.9 Å². The van der Waals surface area contributed by atoms with Gasteiger partial charge in [-0.15, -0.1) is 21.5 Å². The van der Waals surface area contributed by atoms with Gasteiger partial charge in [0, 0.05) is 12.6 Å². The number of hydrogen-bond acceptors (Lipinski definition) is 11. The molecule has 3 rings (SSSR count). The number of hydrogen-bond donors (Lipinski definition) is 2. The van der Waals surface area contributed by atoms with Gasteiger partial charge in [-0.3, -0.25) is 9.59 Å². The highest BCUT2D eigenvalue weighted by atomic mass is 32.2. The summed E-state index contributed by atoms with van der Waals surface area (Å²) in [5.74, 6) is -0.769. The van der Waals surface area contributed by atoms with Crippen LogP contribution in [0.5, 0.6) is 5.75 Å². The van der Waals surface area contributed by atoms with Crippen LogP contribution in [-0.4, -0.2) is 64.1 Å². The molecule has 0 bridgehead atoms. The number of carbonyl (C=O) groups is 4. The Bertz CT molecular complexity index is 1380. The third-order valence-corrected chi connectivity index (χ3v) is 7.98. The first-order valence-electron chi connectivity index (χ1n) is 12.4. The van der Waals surface area contributed by atoms with E-state index in [1.807, 2.05) is 0 Å². The molecule has 2 amide bonds. The van der Waals surface area contributed by atoms with Crippen LogP contribution in [0.3, 0.4) is 0 Å². The number of carbonyl (C=O) groups excluding carboxylic acids is 4. The number of rotatable bonds is 12. The summed E-state index contributed by atoms with van der Waals surface area (Å²) in [4.78, 5) is 50.8. The van der Waals surface area contributed by atoms with Crippen LogP contribution < -0.4 is 15.4 Å². The standard InChI is InChI=1S/C26H31N5O7S2/c1-7-37-24(34)19-14(3)20(25(35)38-8-2)40-23(19)28-21(32)15(4)39-26-30-29-18(31(26)5)13-27-22(33)16-9-11-17(36-6)12-10-16/h9-12,15H,7-8,13H2,1-6H3,(H,27,33)(H,28,32)/t15-/m1/s1. The van der Waals surface area contributed by atoms with Crippen LogP contribution in [0.1, 0.15) is 62.5 Å². The Balaban J connectivity index is 1.68. The Morgan fingerprint density at radius 3 is 2.33 bits per heavy atom. The maximum Gasteiger partial charge on any atom is 0.348 e. The number of methoxy groups -OCH3 is 1. The van der Waals surface area contributed by atoms with E-state index in [0.717, 1.165) is 23.1 Å². The summed E-state index contributed by atoms with van der Waals surface area (Å²) in [6.45, 7) is 7.07. The molecule has 2 heterocycles. The topological polar surface area (TPSA) is 151 Å². The number of thioether (sulfide) groups is 1. The lowest BCUT2D eigenvalue weighted by Gasteiger charge is -2.12. The third-order valence-electron chi connectivity index (χ3n) is 5.66. The van der Waals surface area contributed by atoms with Crippen LogP contribution in [0.25, 0.3) is 0 Å². The van der Waals surface area contributed by atoms with Crippen LogP contribution >= 0.6 is 23.1 Å². The van der Waals surface area contributed by atoms with Crippen LogP contribution in [0, 0.1) is 6.92 Å². The number of thiophene rings is 1. The molecule has 2 aromatic heterocycles. The van der Waals surface area contributed by atoms with Gasteiger partial charge in [0.25, 0.3) is 5.91 Å². The van der Waals surface area contributed by atoms with Crippen molar-refractivity contribution in [1.29, 1.82) is 0 Å². The number of anilines is 1.